The number of nitrogens with two attached hydrogens (primary N) is 1. The molecule has 0 radical (unpaired) electrons. The van der Waals surface area contributed by atoms with Gasteiger partial charge >= 0.3 is 6.36 Å². The molecule has 0 atom stereocenters. The maximum atomic E-state index is 12.3. The number of ether oxygens (including phenoxy) is 3. The number of nitrogens with one attached hydrogen (secondary N) is 1. The zero-order valence-corrected chi connectivity index (χ0v) is 17.0. The predicted molar refractivity (Wildman–Crippen MR) is 110 cm³/mol. The molecule has 2 aromatic rings. The lowest BCUT2D eigenvalue weighted by molar-refractivity contribution is -0.274. The van der Waals surface area contributed by atoms with E-state index in [9.17, 15) is 13.2 Å². The number of alkyl halides is 3. The van der Waals surface area contributed by atoms with Crippen LogP contribution in [0, 0.1) is 0 Å². The van der Waals surface area contributed by atoms with Crippen LogP contribution in [0.3, 0.4) is 0 Å². The number of benzene rings is 2. The molecule has 0 bridgehead atoms. The van der Waals surface area contributed by atoms with Crippen molar-refractivity contribution in [1.29, 1.82) is 0 Å². The summed E-state index contributed by atoms with van der Waals surface area (Å²) in [4.78, 5) is 4.19. The zero-order chi connectivity index (χ0) is 19.3. The van der Waals surface area contributed by atoms with E-state index in [-0.39, 0.29) is 42.2 Å². The average Bonchev–Trinajstić information content (AvgIpc) is 2.83. The Labute approximate surface area is 176 Å². The second kappa shape index (κ2) is 9.71. The van der Waals surface area contributed by atoms with Gasteiger partial charge in [0.15, 0.2) is 17.5 Å². The van der Waals surface area contributed by atoms with Crippen molar-refractivity contribution in [2.75, 3.05) is 18.5 Å². The molecule has 3 N–H and O–H groups in total. The molecule has 0 unspecified atom stereocenters. The van der Waals surface area contributed by atoms with Crippen LogP contribution in [0.1, 0.15) is 12.0 Å². The van der Waals surface area contributed by atoms with Crippen molar-refractivity contribution < 1.29 is 27.4 Å². The highest BCUT2D eigenvalue weighted by atomic mass is 127. The first kappa shape index (κ1) is 21.9. The van der Waals surface area contributed by atoms with Gasteiger partial charge in [0.05, 0.1) is 19.8 Å². The van der Waals surface area contributed by atoms with E-state index in [1.807, 2.05) is 18.2 Å². The van der Waals surface area contributed by atoms with E-state index in [0.717, 1.165) is 12.0 Å². The van der Waals surface area contributed by atoms with Crippen molar-refractivity contribution in [2.24, 2.45) is 10.7 Å². The number of nitrogens with zero attached hydrogens (tertiary/aromatic N) is 1. The minimum absolute atomic E-state index is 0. The number of fused-ring (bicyclic) bond motifs is 1. The van der Waals surface area contributed by atoms with Crippen molar-refractivity contribution in [1.82, 2.24) is 0 Å². The van der Waals surface area contributed by atoms with Gasteiger partial charge in [-0.1, -0.05) is 12.1 Å². The molecule has 10 heteroatoms. The Bertz CT molecular complexity index is 831. The fourth-order valence-electron chi connectivity index (χ4n) is 2.44. The lowest BCUT2D eigenvalue weighted by atomic mass is 10.2. The van der Waals surface area contributed by atoms with Gasteiger partial charge in [-0.2, -0.15) is 0 Å². The lowest BCUT2D eigenvalue weighted by Crippen LogP contribution is -2.23. The summed E-state index contributed by atoms with van der Waals surface area (Å²) in [6, 6.07) is 10.8. The van der Waals surface area contributed by atoms with Gasteiger partial charge in [-0.15, -0.1) is 37.1 Å². The molecule has 1 aliphatic rings. The quantitative estimate of drug-likeness (QED) is 0.366. The molecular weight excluding hydrogens is 490 g/mol. The monoisotopic (exact) mass is 509 g/mol. The van der Waals surface area contributed by atoms with E-state index in [2.05, 4.69) is 15.0 Å². The van der Waals surface area contributed by atoms with Crippen LogP contribution < -0.4 is 25.3 Å². The molecule has 0 fully saturated rings. The molecule has 6 nitrogen and oxygen atoms in total. The summed E-state index contributed by atoms with van der Waals surface area (Å²) in [5.41, 5.74) is 7.00. The van der Waals surface area contributed by atoms with Crippen LogP contribution in [0.2, 0.25) is 0 Å². The van der Waals surface area contributed by atoms with E-state index in [4.69, 9.17) is 15.2 Å². The second-order valence-corrected chi connectivity index (χ2v) is 5.73. The Morgan fingerprint density at radius 3 is 2.61 bits per heavy atom. The summed E-state index contributed by atoms with van der Waals surface area (Å²) in [7, 11) is 0. The number of rotatable bonds is 4. The van der Waals surface area contributed by atoms with Crippen molar-refractivity contribution in [3.05, 3.63) is 48.0 Å². The standard InChI is InChI=1S/C18H18F3N3O3.HI/c19-18(20,21)27-14-4-1-3-13(10-14)24-17(22)23-11-12-5-6-15-16(9-12)26-8-2-7-25-15;/h1,3-6,9-10H,2,7-8,11H2,(H3,22,23,24);1H. The van der Waals surface area contributed by atoms with Crippen molar-refractivity contribution >= 4 is 35.6 Å². The number of aliphatic imine (C=N–C) groups is 1. The number of anilines is 1. The van der Waals surface area contributed by atoms with Crippen LogP contribution in [0.5, 0.6) is 17.2 Å². The van der Waals surface area contributed by atoms with Crippen molar-refractivity contribution in [3.8, 4) is 17.2 Å². The van der Waals surface area contributed by atoms with Crippen LogP contribution in [0.15, 0.2) is 47.5 Å². The van der Waals surface area contributed by atoms with Gasteiger partial charge in [-0.05, 0) is 29.8 Å². The Kier molecular flexibility index (Phi) is 7.61. The van der Waals surface area contributed by atoms with Gasteiger partial charge < -0.3 is 25.3 Å². The molecule has 0 spiro atoms. The third-order valence-corrected chi connectivity index (χ3v) is 3.58. The largest absolute Gasteiger partial charge is 0.573 e. The summed E-state index contributed by atoms with van der Waals surface area (Å²) in [6.45, 7) is 1.46. The number of hydrogen-bond donors (Lipinski definition) is 2. The summed E-state index contributed by atoms with van der Waals surface area (Å²) < 4.78 is 51.9. The smallest absolute Gasteiger partial charge is 0.490 e. The minimum Gasteiger partial charge on any atom is -0.490 e. The molecule has 0 aromatic heterocycles. The Morgan fingerprint density at radius 2 is 1.86 bits per heavy atom. The number of halogens is 4. The fourth-order valence-corrected chi connectivity index (χ4v) is 2.44. The molecule has 0 amide bonds. The SMILES string of the molecule is I.NC(=NCc1ccc2c(c1)OCCCO2)Nc1cccc(OC(F)(F)F)c1. The van der Waals surface area contributed by atoms with Gasteiger partial charge in [0.2, 0.25) is 0 Å². The topological polar surface area (TPSA) is 78.1 Å². The number of guanidine groups is 1. The second-order valence-electron chi connectivity index (χ2n) is 5.73. The summed E-state index contributed by atoms with van der Waals surface area (Å²) in [6.07, 6.45) is -3.94. The molecule has 28 heavy (non-hydrogen) atoms. The minimum atomic E-state index is -4.75. The molecule has 0 saturated carbocycles. The Balaban J connectivity index is 0.00000280. The highest BCUT2D eigenvalue weighted by molar-refractivity contribution is 14.0. The molecule has 0 saturated heterocycles. The Morgan fingerprint density at radius 1 is 1.11 bits per heavy atom. The van der Waals surface area contributed by atoms with Crippen LogP contribution >= 0.6 is 24.0 Å². The normalized spacial score (nSPS) is 13.9. The van der Waals surface area contributed by atoms with Gasteiger partial charge in [0, 0.05) is 18.2 Å². The van der Waals surface area contributed by atoms with Gasteiger partial charge in [-0.25, -0.2) is 4.99 Å². The van der Waals surface area contributed by atoms with E-state index in [1.54, 1.807) is 6.07 Å². The van der Waals surface area contributed by atoms with Crippen LogP contribution in [0.4, 0.5) is 18.9 Å². The first-order valence-electron chi connectivity index (χ1n) is 8.20. The first-order valence-corrected chi connectivity index (χ1v) is 8.20. The van der Waals surface area contributed by atoms with Crippen LogP contribution in [-0.4, -0.2) is 25.5 Å². The lowest BCUT2D eigenvalue weighted by Gasteiger charge is -2.11. The van der Waals surface area contributed by atoms with E-state index in [0.29, 0.717) is 30.4 Å². The molecule has 152 valence electrons. The predicted octanol–water partition coefficient (Wildman–Crippen LogP) is 4.29. The van der Waals surface area contributed by atoms with Gasteiger partial charge in [0.25, 0.3) is 0 Å². The molecule has 1 aliphatic heterocycles. The third kappa shape index (κ3) is 6.66. The third-order valence-electron chi connectivity index (χ3n) is 3.58. The average molecular weight is 509 g/mol. The van der Waals surface area contributed by atoms with Crippen molar-refractivity contribution in [3.63, 3.8) is 0 Å². The summed E-state index contributed by atoms with van der Waals surface area (Å²) >= 11 is 0. The van der Waals surface area contributed by atoms with E-state index in [1.165, 1.54) is 18.2 Å². The fraction of sp³-hybridized carbons (Fsp3) is 0.278. The maximum absolute atomic E-state index is 12.3. The Hall–Kier alpha value is -2.37. The van der Waals surface area contributed by atoms with Gasteiger partial charge in [0.1, 0.15) is 5.75 Å². The van der Waals surface area contributed by atoms with E-state index >= 15 is 0 Å². The maximum Gasteiger partial charge on any atom is 0.573 e. The molecule has 0 aliphatic carbocycles. The summed E-state index contributed by atoms with van der Waals surface area (Å²) in [5, 5.41) is 2.74. The first-order chi connectivity index (χ1) is 12.9. The molecule has 1 heterocycles. The van der Waals surface area contributed by atoms with Crippen LogP contribution in [-0.2, 0) is 6.54 Å². The van der Waals surface area contributed by atoms with Crippen molar-refractivity contribution in [2.45, 2.75) is 19.3 Å². The highest BCUT2D eigenvalue weighted by Gasteiger charge is 2.31. The molecule has 2 aromatic carbocycles. The van der Waals surface area contributed by atoms with Crippen LogP contribution in [0.25, 0.3) is 0 Å². The van der Waals surface area contributed by atoms with E-state index < -0.39 is 6.36 Å². The molecule has 3 rings (SSSR count). The zero-order valence-electron chi connectivity index (χ0n) is 14.7. The molecular formula is C18H19F3IN3O3. The highest BCUT2D eigenvalue weighted by Crippen LogP contribution is 2.30. The van der Waals surface area contributed by atoms with Gasteiger partial charge in [-0.3, -0.25) is 0 Å². The number of hydrogen-bond acceptors (Lipinski definition) is 4. The summed E-state index contributed by atoms with van der Waals surface area (Å²) in [5.74, 6) is 1.06.